The number of carboxylic acids is 1. The van der Waals surface area contributed by atoms with Gasteiger partial charge in [-0.05, 0) is 63.8 Å². The van der Waals surface area contributed by atoms with E-state index in [1.807, 2.05) is 33.8 Å². The van der Waals surface area contributed by atoms with E-state index in [0.717, 1.165) is 29.7 Å². The van der Waals surface area contributed by atoms with Crippen LogP contribution in [0, 0.1) is 13.8 Å². The third-order valence-corrected chi connectivity index (χ3v) is 5.96. The van der Waals surface area contributed by atoms with Gasteiger partial charge in [-0.25, -0.2) is 9.78 Å². The van der Waals surface area contributed by atoms with Gasteiger partial charge in [-0.15, -0.1) is 0 Å². The first-order valence-electron chi connectivity index (χ1n) is 11.3. The van der Waals surface area contributed by atoms with Gasteiger partial charge >= 0.3 is 5.97 Å². The maximum absolute atomic E-state index is 13.5. The number of benzene rings is 1. The molecule has 0 unspecified atom stereocenters. The van der Waals surface area contributed by atoms with Gasteiger partial charge in [-0.2, -0.15) is 0 Å². The normalized spacial score (nSPS) is 13.3. The number of carbonyl (C=O) groups excluding carboxylic acids is 1. The van der Waals surface area contributed by atoms with Crippen molar-refractivity contribution in [2.24, 2.45) is 0 Å². The fourth-order valence-electron chi connectivity index (χ4n) is 3.99. The lowest BCUT2D eigenvalue weighted by atomic mass is 9.92. The number of rotatable bonds is 9. The second kappa shape index (κ2) is 10.4. The van der Waals surface area contributed by atoms with Crippen LogP contribution in [0.4, 0.5) is 0 Å². The molecule has 0 bridgehead atoms. The van der Waals surface area contributed by atoms with Crippen molar-refractivity contribution < 1.29 is 24.2 Å². The van der Waals surface area contributed by atoms with E-state index < -0.39 is 5.97 Å². The lowest BCUT2D eigenvalue weighted by molar-refractivity contribution is 0.0691. The molecule has 2 heterocycles. The average molecular weight is 475 g/mol. The molecule has 1 N–H and O–H groups in total. The first kappa shape index (κ1) is 24.8. The molecule has 1 aromatic heterocycles. The van der Waals surface area contributed by atoms with Crippen molar-refractivity contribution in [2.45, 2.75) is 66.5 Å². The second-order valence-corrected chi connectivity index (χ2v) is 8.98. The van der Waals surface area contributed by atoms with Gasteiger partial charge in [-0.1, -0.05) is 24.9 Å². The molecule has 1 aliphatic heterocycles. The van der Waals surface area contributed by atoms with Crippen LogP contribution in [0.15, 0.2) is 12.1 Å². The average Bonchev–Trinajstić information content (AvgIpc) is 2.73. The monoisotopic (exact) mass is 474 g/mol. The Morgan fingerprint density at radius 3 is 2.67 bits per heavy atom. The number of hydrogen-bond acceptors (Lipinski definition) is 5. The molecule has 8 heteroatoms. The van der Waals surface area contributed by atoms with Crippen LogP contribution in [-0.2, 0) is 13.0 Å². The van der Waals surface area contributed by atoms with Gasteiger partial charge in [-0.3, -0.25) is 4.79 Å². The number of amides is 1. The number of nitrogens with zero attached hydrogens (tertiary/aromatic N) is 2. The van der Waals surface area contributed by atoms with Crippen LogP contribution in [0.3, 0.4) is 0 Å². The Kier molecular flexibility index (Phi) is 7.84. The van der Waals surface area contributed by atoms with Crippen LogP contribution < -0.4 is 9.47 Å². The summed E-state index contributed by atoms with van der Waals surface area (Å²) in [6.45, 7) is 10.8. The van der Waals surface area contributed by atoms with Crippen LogP contribution in [-0.4, -0.2) is 46.1 Å². The van der Waals surface area contributed by atoms with E-state index in [1.165, 1.54) is 6.07 Å². The standard InChI is InChI=1S/C25H31ClN2O5/c1-6-7-10-32-23-19(15(4)11-16(5)27-23)13-28-9-8-17-18(25(30)31)12-20(33-14(2)3)22(26)21(17)24(28)29/h11-12,14H,6-10,13H2,1-5H3,(H,30,31). The number of ether oxygens (including phenoxy) is 2. The van der Waals surface area contributed by atoms with Crippen LogP contribution in [0.5, 0.6) is 11.6 Å². The number of fused-ring (bicyclic) bond motifs is 1. The molecule has 0 saturated heterocycles. The number of aromatic nitrogens is 1. The Morgan fingerprint density at radius 1 is 1.30 bits per heavy atom. The molecule has 178 valence electrons. The SMILES string of the molecule is CCCCOc1nc(C)cc(C)c1CN1CCc2c(C(=O)O)cc(OC(C)C)c(Cl)c2C1=O. The zero-order valence-electron chi connectivity index (χ0n) is 19.8. The largest absolute Gasteiger partial charge is 0.489 e. The second-order valence-electron chi connectivity index (χ2n) is 8.60. The number of aromatic carboxylic acids is 1. The van der Waals surface area contributed by atoms with Gasteiger partial charge in [0.05, 0.1) is 35.4 Å². The molecule has 1 aromatic carbocycles. The number of carboxylic acid groups (broad SMARTS) is 1. The van der Waals surface area contributed by atoms with E-state index >= 15 is 0 Å². The van der Waals surface area contributed by atoms with Gasteiger partial charge in [0.25, 0.3) is 5.91 Å². The Bertz CT molecular complexity index is 1070. The summed E-state index contributed by atoms with van der Waals surface area (Å²) in [5.74, 6) is -0.691. The summed E-state index contributed by atoms with van der Waals surface area (Å²) in [7, 11) is 0. The van der Waals surface area contributed by atoms with E-state index in [2.05, 4.69) is 11.9 Å². The Morgan fingerprint density at radius 2 is 2.03 bits per heavy atom. The highest BCUT2D eigenvalue weighted by Gasteiger charge is 2.33. The van der Waals surface area contributed by atoms with E-state index in [-0.39, 0.29) is 33.9 Å². The molecule has 2 aromatic rings. The molecule has 1 aliphatic rings. The number of halogens is 1. The molecule has 0 atom stereocenters. The lowest BCUT2D eigenvalue weighted by Crippen LogP contribution is -2.38. The summed E-state index contributed by atoms with van der Waals surface area (Å²) < 4.78 is 11.7. The third-order valence-electron chi connectivity index (χ3n) is 5.59. The summed E-state index contributed by atoms with van der Waals surface area (Å²) in [5, 5.41) is 9.88. The Balaban J connectivity index is 1.99. The van der Waals surface area contributed by atoms with Gasteiger partial charge in [0.15, 0.2) is 0 Å². The van der Waals surface area contributed by atoms with E-state index in [4.69, 9.17) is 21.1 Å². The molecule has 0 radical (unpaired) electrons. The first-order valence-corrected chi connectivity index (χ1v) is 11.7. The van der Waals surface area contributed by atoms with Crippen LogP contribution in [0.2, 0.25) is 5.02 Å². The predicted octanol–water partition coefficient (Wildman–Crippen LogP) is 5.21. The highest BCUT2D eigenvalue weighted by atomic mass is 35.5. The van der Waals surface area contributed by atoms with Gasteiger partial charge in [0.1, 0.15) is 5.75 Å². The molecule has 3 rings (SSSR count). The van der Waals surface area contributed by atoms with Gasteiger partial charge < -0.3 is 19.5 Å². The predicted molar refractivity (Wildman–Crippen MR) is 127 cm³/mol. The minimum Gasteiger partial charge on any atom is -0.489 e. The highest BCUT2D eigenvalue weighted by molar-refractivity contribution is 6.36. The number of carbonyl (C=O) groups is 2. The zero-order chi connectivity index (χ0) is 24.3. The molecule has 1 amide bonds. The molecule has 33 heavy (non-hydrogen) atoms. The van der Waals surface area contributed by atoms with Crippen LogP contribution in [0.25, 0.3) is 0 Å². The Hall–Kier alpha value is -2.80. The van der Waals surface area contributed by atoms with Crippen molar-refractivity contribution in [2.75, 3.05) is 13.2 Å². The quantitative estimate of drug-likeness (QED) is 0.501. The van der Waals surface area contributed by atoms with Crippen molar-refractivity contribution in [1.82, 2.24) is 9.88 Å². The first-order chi connectivity index (χ1) is 15.6. The minimum absolute atomic E-state index is 0.0508. The minimum atomic E-state index is -1.11. The van der Waals surface area contributed by atoms with Crippen molar-refractivity contribution in [3.63, 3.8) is 0 Å². The fourth-order valence-corrected chi connectivity index (χ4v) is 4.28. The zero-order valence-corrected chi connectivity index (χ0v) is 20.6. The van der Waals surface area contributed by atoms with E-state index in [1.54, 1.807) is 4.90 Å². The number of aryl methyl sites for hydroxylation is 2. The van der Waals surface area contributed by atoms with Crippen molar-refractivity contribution >= 4 is 23.5 Å². The molecule has 7 nitrogen and oxygen atoms in total. The van der Waals surface area contributed by atoms with Crippen LogP contribution in [0.1, 0.15) is 76.7 Å². The molecule has 0 aliphatic carbocycles. The maximum Gasteiger partial charge on any atom is 0.336 e. The summed E-state index contributed by atoms with van der Waals surface area (Å²) in [5.41, 5.74) is 3.38. The molecule has 0 fully saturated rings. The topological polar surface area (TPSA) is 89.0 Å². The smallest absolute Gasteiger partial charge is 0.336 e. The third kappa shape index (κ3) is 5.41. The maximum atomic E-state index is 13.5. The summed E-state index contributed by atoms with van der Waals surface area (Å²) in [6.07, 6.45) is 2.08. The van der Waals surface area contributed by atoms with Gasteiger partial charge in [0.2, 0.25) is 5.88 Å². The van der Waals surface area contributed by atoms with E-state index in [9.17, 15) is 14.7 Å². The number of hydrogen-bond donors (Lipinski definition) is 1. The number of unbranched alkanes of at least 4 members (excludes halogenated alkanes) is 1. The summed E-state index contributed by atoms with van der Waals surface area (Å²) >= 11 is 6.58. The van der Waals surface area contributed by atoms with Crippen molar-refractivity contribution in [3.8, 4) is 11.6 Å². The summed E-state index contributed by atoms with van der Waals surface area (Å²) in [4.78, 5) is 31.7. The van der Waals surface area contributed by atoms with E-state index in [0.29, 0.717) is 37.6 Å². The number of pyridine rings is 1. The fraction of sp³-hybridized carbons (Fsp3) is 0.480. The lowest BCUT2D eigenvalue weighted by Gasteiger charge is -2.31. The van der Waals surface area contributed by atoms with Crippen molar-refractivity contribution in [1.29, 1.82) is 0 Å². The molecular formula is C25H31ClN2O5. The highest BCUT2D eigenvalue weighted by Crippen LogP contribution is 2.38. The molecule has 0 saturated carbocycles. The van der Waals surface area contributed by atoms with Crippen molar-refractivity contribution in [3.05, 3.63) is 50.7 Å². The Labute approximate surface area is 199 Å². The van der Waals surface area contributed by atoms with Crippen LogP contribution >= 0.6 is 11.6 Å². The summed E-state index contributed by atoms with van der Waals surface area (Å²) in [6, 6.07) is 3.38. The molecule has 0 spiro atoms. The molecular weight excluding hydrogens is 444 g/mol. The van der Waals surface area contributed by atoms with Gasteiger partial charge in [0, 0.05) is 17.8 Å².